The lowest BCUT2D eigenvalue weighted by Gasteiger charge is -2.33. The van der Waals surface area contributed by atoms with Gasteiger partial charge in [0.25, 0.3) is 5.91 Å². The van der Waals surface area contributed by atoms with Crippen molar-refractivity contribution in [1.29, 1.82) is 0 Å². The quantitative estimate of drug-likeness (QED) is 0.405. The molecule has 0 spiro atoms. The van der Waals surface area contributed by atoms with Crippen molar-refractivity contribution in [2.24, 2.45) is 5.73 Å². The molecule has 1 aliphatic heterocycles. The van der Waals surface area contributed by atoms with Crippen LogP contribution in [0.5, 0.6) is 0 Å². The van der Waals surface area contributed by atoms with Crippen LogP contribution in [-0.4, -0.2) is 65.7 Å². The molecule has 1 saturated heterocycles. The van der Waals surface area contributed by atoms with E-state index in [0.717, 1.165) is 42.7 Å². The smallest absolute Gasteiger partial charge is 0.251 e. The molecule has 9 heteroatoms. The largest absolute Gasteiger partial charge is 0.385 e. The number of likely N-dealkylation sites (tertiary alicyclic amines) is 1. The number of fused-ring (bicyclic) bond motifs is 1. The first-order valence-electron chi connectivity index (χ1n) is 12.5. The van der Waals surface area contributed by atoms with Crippen LogP contribution in [0.1, 0.15) is 47.8 Å². The topological polar surface area (TPSA) is 102 Å². The normalized spacial score (nSPS) is 16.8. The second-order valence-electron chi connectivity index (χ2n) is 9.32. The molecule has 0 bridgehead atoms. The molecule has 2 atom stereocenters. The zero-order chi connectivity index (χ0) is 25.5. The summed E-state index contributed by atoms with van der Waals surface area (Å²) in [6.45, 7) is 3.07. The van der Waals surface area contributed by atoms with Crippen LogP contribution in [0, 0.1) is 0 Å². The van der Waals surface area contributed by atoms with E-state index in [-0.39, 0.29) is 30.7 Å². The van der Waals surface area contributed by atoms with E-state index in [4.69, 9.17) is 27.1 Å². The number of aryl methyl sites for hydroxylation is 1. The summed E-state index contributed by atoms with van der Waals surface area (Å²) in [5.41, 5.74) is 8.81. The number of amides is 2. The van der Waals surface area contributed by atoms with Crippen LogP contribution in [0.15, 0.2) is 48.5 Å². The molecule has 2 amide bonds. The third kappa shape index (κ3) is 6.43. The van der Waals surface area contributed by atoms with Gasteiger partial charge in [-0.1, -0.05) is 23.7 Å². The molecule has 0 aliphatic carbocycles. The number of halogens is 1. The lowest BCUT2D eigenvalue weighted by Crippen LogP contribution is -2.45. The number of benzene rings is 2. The van der Waals surface area contributed by atoms with Crippen LogP contribution >= 0.6 is 11.6 Å². The second-order valence-corrected chi connectivity index (χ2v) is 9.75. The Labute approximate surface area is 216 Å². The Balaban J connectivity index is 1.36. The van der Waals surface area contributed by atoms with Gasteiger partial charge in [0.1, 0.15) is 5.82 Å². The number of hydrogen-bond donors (Lipinski definition) is 2. The Morgan fingerprint density at radius 1 is 1.22 bits per heavy atom. The fraction of sp³-hybridized carbons (Fsp3) is 0.444. The zero-order valence-electron chi connectivity index (χ0n) is 20.7. The SMILES string of the molecule is COCCCn1c([C@@H]2CCCN(C(=O)C[C@H](N)CNC(=O)c3ccc(Cl)cc3)C2)nc2ccccc21. The van der Waals surface area contributed by atoms with Crippen molar-refractivity contribution in [2.75, 3.05) is 33.4 Å². The number of methoxy groups -OCH3 is 1. The van der Waals surface area contributed by atoms with Gasteiger partial charge in [0.15, 0.2) is 0 Å². The molecule has 8 nitrogen and oxygen atoms in total. The van der Waals surface area contributed by atoms with Gasteiger partial charge in [-0.3, -0.25) is 9.59 Å². The van der Waals surface area contributed by atoms with E-state index in [1.165, 1.54) is 0 Å². The van der Waals surface area contributed by atoms with Crippen molar-refractivity contribution in [3.8, 4) is 0 Å². The highest BCUT2D eigenvalue weighted by Gasteiger charge is 2.29. The van der Waals surface area contributed by atoms with Gasteiger partial charge in [0, 0.05) is 68.9 Å². The third-order valence-corrected chi connectivity index (χ3v) is 6.87. The minimum atomic E-state index is -0.465. The molecule has 3 aromatic rings. The van der Waals surface area contributed by atoms with Crippen LogP contribution in [0.25, 0.3) is 11.0 Å². The first-order chi connectivity index (χ1) is 17.5. The number of nitrogens with two attached hydrogens (primary N) is 1. The standard InChI is InChI=1S/C27H34ClN5O3/c1-36-15-5-14-33-24-8-3-2-7-23(24)31-26(33)20-6-4-13-32(18-20)25(34)16-22(29)17-30-27(35)19-9-11-21(28)12-10-19/h2-3,7-12,20,22H,4-6,13-18,29H2,1H3,(H,30,35)/t20-,22+/m1/s1. The molecule has 0 radical (unpaired) electrons. The Kier molecular flexibility index (Phi) is 8.96. The number of rotatable bonds is 10. The Morgan fingerprint density at radius 3 is 2.78 bits per heavy atom. The summed E-state index contributed by atoms with van der Waals surface area (Å²) in [6, 6.07) is 14.4. The van der Waals surface area contributed by atoms with Crippen LogP contribution in [-0.2, 0) is 16.1 Å². The highest BCUT2D eigenvalue weighted by Crippen LogP contribution is 2.30. The summed E-state index contributed by atoms with van der Waals surface area (Å²) in [7, 11) is 1.71. The zero-order valence-corrected chi connectivity index (χ0v) is 21.4. The number of nitrogens with one attached hydrogen (secondary N) is 1. The number of piperidine rings is 1. The first-order valence-corrected chi connectivity index (χ1v) is 12.8. The lowest BCUT2D eigenvalue weighted by molar-refractivity contribution is -0.132. The fourth-order valence-electron chi connectivity index (χ4n) is 4.77. The summed E-state index contributed by atoms with van der Waals surface area (Å²) in [5, 5.41) is 3.38. The summed E-state index contributed by atoms with van der Waals surface area (Å²) in [6.07, 6.45) is 2.98. The molecule has 0 saturated carbocycles. The molecule has 0 unspecified atom stereocenters. The summed E-state index contributed by atoms with van der Waals surface area (Å²) >= 11 is 5.88. The molecule has 1 aliphatic rings. The van der Waals surface area contributed by atoms with Crippen molar-refractivity contribution in [2.45, 2.75) is 44.2 Å². The van der Waals surface area contributed by atoms with Gasteiger partial charge in [-0.25, -0.2) is 4.98 Å². The first kappa shape index (κ1) is 26.1. The van der Waals surface area contributed by atoms with Crippen LogP contribution in [0.3, 0.4) is 0 Å². The lowest BCUT2D eigenvalue weighted by atomic mass is 9.96. The molecule has 36 heavy (non-hydrogen) atoms. The molecular weight excluding hydrogens is 478 g/mol. The number of aromatic nitrogens is 2. The monoisotopic (exact) mass is 511 g/mol. The summed E-state index contributed by atoms with van der Waals surface area (Å²) < 4.78 is 7.54. The maximum absolute atomic E-state index is 13.1. The highest BCUT2D eigenvalue weighted by molar-refractivity contribution is 6.30. The van der Waals surface area contributed by atoms with E-state index in [1.807, 2.05) is 23.1 Å². The van der Waals surface area contributed by atoms with E-state index in [1.54, 1.807) is 31.4 Å². The van der Waals surface area contributed by atoms with Crippen LogP contribution < -0.4 is 11.1 Å². The molecule has 2 aromatic carbocycles. The average molecular weight is 512 g/mol. The van der Waals surface area contributed by atoms with Crippen molar-refractivity contribution >= 4 is 34.4 Å². The molecule has 192 valence electrons. The van der Waals surface area contributed by atoms with Crippen molar-refractivity contribution < 1.29 is 14.3 Å². The molecule has 1 aromatic heterocycles. The third-order valence-electron chi connectivity index (χ3n) is 6.62. The molecule has 1 fully saturated rings. The fourth-order valence-corrected chi connectivity index (χ4v) is 4.90. The average Bonchev–Trinajstić information content (AvgIpc) is 3.26. The van der Waals surface area contributed by atoms with Crippen molar-refractivity contribution in [3.63, 3.8) is 0 Å². The number of nitrogens with zero attached hydrogens (tertiary/aromatic N) is 3. The van der Waals surface area contributed by atoms with Gasteiger partial charge in [-0.2, -0.15) is 0 Å². The van der Waals surface area contributed by atoms with E-state index >= 15 is 0 Å². The number of carbonyl (C=O) groups excluding carboxylic acids is 2. The van der Waals surface area contributed by atoms with E-state index < -0.39 is 6.04 Å². The number of para-hydroxylation sites is 2. The van der Waals surface area contributed by atoms with Crippen LogP contribution in [0.4, 0.5) is 0 Å². The molecule has 2 heterocycles. The van der Waals surface area contributed by atoms with Gasteiger partial charge < -0.3 is 25.3 Å². The van der Waals surface area contributed by atoms with Gasteiger partial charge in [-0.05, 0) is 55.7 Å². The van der Waals surface area contributed by atoms with Crippen molar-refractivity contribution in [3.05, 3.63) is 64.9 Å². The number of imidazole rings is 1. The van der Waals surface area contributed by atoms with E-state index in [2.05, 4.69) is 16.0 Å². The summed E-state index contributed by atoms with van der Waals surface area (Å²) in [4.78, 5) is 32.3. The summed E-state index contributed by atoms with van der Waals surface area (Å²) in [5.74, 6) is 0.970. The molecular formula is C27H34ClN5O3. The van der Waals surface area contributed by atoms with Gasteiger partial charge in [0.05, 0.1) is 11.0 Å². The van der Waals surface area contributed by atoms with Gasteiger partial charge in [-0.15, -0.1) is 0 Å². The Hall–Kier alpha value is -2.94. The van der Waals surface area contributed by atoms with Gasteiger partial charge in [0.2, 0.25) is 5.91 Å². The Bertz CT molecular complexity index is 1180. The maximum atomic E-state index is 13.1. The second kappa shape index (κ2) is 12.3. The predicted octanol–water partition coefficient (Wildman–Crippen LogP) is 3.58. The van der Waals surface area contributed by atoms with Crippen molar-refractivity contribution in [1.82, 2.24) is 19.8 Å². The predicted molar refractivity (Wildman–Crippen MR) is 141 cm³/mol. The molecule has 4 rings (SSSR count). The van der Waals surface area contributed by atoms with Gasteiger partial charge >= 0.3 is 0 Å². The Morgan fingerprint density at radius 2 is 2.00 bits per heavy atom. The molecule has 3 N–H and O–H groups in total. The minimum Gasteiger partial charge on any atom is -0.385 e. The van der Waals surface area contributed by atoms with Crippen LogP contribution in [0.2, 0.25) is 5.02 Å². The minimum absolute atomic E-state index is 0.00925. The number of carbonyl (C=O) groups is 2. The highest BCUT2D eigenvalue weighted by atomic mass is 35.5. The number of ether oxygens (including phenoxy) is 1. The maximum Gasteiger partial charge on any atom is 0.251 e. The number of hydrogen-bond acceptors (Lipinski definition) is 5. The van der Waals surface area contributed by atoms with E-state index in [0.29, 0.717) is 30.3 Å². The van der Waals surface area contributed by atoms with E-state index in [9.17, 15) is 9.59 Å².